The summed E-state index contributed by atoms with van der Waals surface area (Å²) in [7, 11) is 0. The van der Waals surface area contributed by atoms with Crippen molar-refractivity contribution in [2.24, 2.45) is 0 Å². The normalized spacial score (nSPS) is 10.1. The number of ether oxygens (including phenoxy) is 1. The van der Waals surface area contributed by atoms with Crippen molar-refractivity contribution in [3.8, 4) is 11.5 Å². The number of ketones is 1. The Morgan fingerprint density at radius 3 is 2.61 bits per heavy atom. The van der Waals surface area contributed by atoms with Crippen LogP contribution in [0.4, 0.5) is 0 Å². The van der Waals surface area contributed by atoms with Gasteiger partial charge in [-0.25, -0.2) is 0 Å². The van der Waals surface area contributed by atoms with Gasteiger partial charge in [0.25, 0.3) is 0 Å². The molecule has 0 aliphatic rings. The Bertz CT molecular complexity index is 564. The van der Waals surface area contributed by atoms with Crippen LogP contribution < -0.4 is 4.74 Å². The van der Waals surface area contributed by atoms with Gasteiger partial charge in [0.1, 0.15) is 11.5 Å². The summed E-state index contributed by atoms with van der Waals surface area (Å²) in [6.07, 6.45) is 2.01. The minimum atomic E-state index is 0.0404. The maximum absolute atomic E-state index is 11.3. The zero-order valence-corrected chi connectivity index (χ0v) is 11.2. The first-order valence-corrected chi connectivity index (χ1v) is 6.85. The SMILES string of the molecule is CSc1ccccc1Oc1cccc(C(C)=O)c1. The summed E-state index contributed by atoms with van der Waals surface area (Å²) in [5.41, 5.74) is 0.661. The molecule has 2 aromatic carbocycles. The monoisotopic (exact) mass is 258 g/mol. The molecule has 2 rings (SSSR count). The lowest BCUT2D eigenvalue weighted by atomic mass is 10.1. The molecule has 0 spiro atoms. The average molecular weight is 258 g/mol. The molecule has 2 aromatic rings. The van der Waals surface area contributed by atoms with E-state index in [-0.39, 0.29) is 5.78 Å². The van der Waals surface area contributed by atoms with Crippen LogP contribution in [0.15, 0.2) is 53.4 Å². The van der Waals surface area contributed by atoms with Crippen molar-refractivity contribution in [1.82, 2.24) is 0 Å². The van der Waals surface area contributed by atoms with Crippen LogP contribution in [0.3, 0.4) is 0 Å². The van der Waals surface area contributed by atoms with E-state index in [1.165, 1.54) is 0 Å². The number of hydrogen-bond acceptors (Lipinski definition) is 3. The summed E-state index contributed by atoms with van der Waals surface area (Å²) in [6, 6.07) is 15.1. The summed E-state index contributed by atoms with van der Waals surface area (Å²) in [5.74, 6) is 1.54. The van der Waals surface area contributed by atoms with Gasteiger partial charge < -0.3 is 4.74 Å². The molecule has 0 bridgehead atoms. The second-order valence-electron chi connectivity index (χ2n) is 3.84. The Labute approximate surface area is 111 Å². The second kappa shape index (κ2) is 5.74. The number of benzene rings is 2. The third-order valence-corrected chi connectivity index (χ3v) is 3.31. The number of rotatable bonds is 4. The van der Waals surface area contributed by atoms with Gasteiger partial charge in [0.2, 0.25) is 0 Å². The van der Waals surface area contributed by atoms with Crippen molar-refractivity contribution in [1.29, 1.82) is 0 Å². The van der Waals surface area contributed by atoms with Crippen molar-refractivity contribution in [2.45, 2.75) is 11.8 Å². The van der Waals surface area contributed by atoms with E-state index in [2.05, 4.69) is 0 Å². The topological polar surface area (TPSA) is 26.3 Å². The molecule has 0 heterocycles. The van der Waals surface area contributed by atoms with Crippen molar-refractivity contribution < 1.29 is 9.53 Å². The zero-order valence-electron chi connectivity index (χ0n) is 10.3. The lowest BCUT2D eigenvalue weighted by Crippen LogP contribution is -1.93. The molecule has 0 fully saturated rings. The van der Waals surface area contributed by atoms with Crippen LogP contribution in [0, 0.1) is 0 Å². The molecule has 0 aliphatic carbocycles. The molecule has 92 valence electrons. The van der Waals surface area contributed by atoms with Crippen LogP contribution >= 0.6 is 11.8 Å². The van der Waals surface area contributed by atoms with Crippen LogP contribution in [0.5, 0.6) is 11.5 Å². The highest BCUT2D eigenvalue weighted by molar-refractivity contribution is 7.98. The Morgan fingerprint density at radius 1 is 1.11 bits per heavy atom. The van der Waals surface area contributed by atoms with E-state index < -0.39 is 0 Å². The predicted molar refractivity (Wildman–Crippen MR) is 74.7 cm³/mol. The van der Waals surface area contributed by atoms with E-state index in [4.69, 9.17) is 4.74 Å². The van der Waals surface area contributed by atoms with E-state index in [0.717, 1.165) is 10.6 Å². The lowest BCUT2D eigenvalue weighted by molar-refractivity contribution is 0.101. The predicted octanol–water partition coefficient (Wildman–Crippen LogP) is 4.40. The van der Waals surface area contributed by atoms with E-state index in [0.29, 0.717) is 11.3 Å². The first-order chi connectivity index (χ1) is 8.70. The van der Waals surface area contributed by atoms with Crippen LogP contribution in [0.25, 0.3) is 0 Å². The molecular weight excluding hydrogens is 244 g/mol. The fourth-order valence-electron chi connectivity index (χ4n) is 1.61. The highest BCUT2D eigenvalue weighted by atomic mass is 32.2. The third kappa shape index (κ3) is 2.93. The quantitative estimate of drug-likeness (QED) is 0.600. The average Bonchev–Trinajstić information content (AvgIpc) is 2.39. The highest BCUT2D eigenvalue weighted by Gasteiger charge is 2.05. The molecule has 0 N–H and O–H groups in total. The van der Waals surface area contributed by atoms with Crippen molar-refractivity contribution in [3.63, 3.8) is 0 Å². The molecule has 18 heavy (non-hydrogen) atoms. The van der Waals surface area contributed by atoms with Gasteiger partial charge in [-0.05, 0) is 37.4 Å². The van der Waals surface area contributed by atoms with Crippen LogP contribution in [-0.4, -0.2) is 12.0 Å². The minimum absolute atomic E-state index is 0.0404. The fourth-order valence-corrected chi connectivity index (χ4v) is 2.13. The Morgan fingerprint density at radius 2 is 1.89 bits per heavy atom. The first-order valence-electron chi connectivity index (χ1n) is 5.62. The number of hydrogen-bond donors (Lipinski definition) is 0. The molecule has 0 aromatic heterocycles. The van der Waals surface area contributed by atoms with E-state index in [1.807, 2.05) is 42.7 Å². The number of para-hydroxylation sites is 1. The summed E-state index contributed by atoms with van der Waals surface area (Å²) in [4.78, 5) is 12.4. The minimum Gasteiger partial charge on any atom is -0.456 e. The molecule has 2 nitrogen and oxygen atoms in total. The van der Waals surface area contributed by atoms with Gasteiger partial charge in [-0.3, -0.25) is 4.79 Å². The second-order valence-corrected chi connectivity index (χ2v) is 4.69. The summed E-state index contributed by atoms with van der Waals surface area (Å²) in [6.45, 7) is 1.55. The Balaban J connectivity index is 2.28. The van der Waals surface area contributed by atoms with Crippen LogP contribution in [-0.2, 0) is 0 Å². The number of thioether (sulfide) groups is 1. The Kier molecular flexibility index (Phi) is 4.05. The molecule has 0 atom stereocenters. The largest absolute Gasteiger partial charge is 0.456 e. The smallest absolute Gasteiger partial charge is 0.159 e. The lowest BCUT2D eigenvalue weighted by Gasteiger charge is -2.09. The van der Waals surface area contributed by atoms with Gasteiger partial charge in [-0.1, -0.05) is 24.3 Å². The van der Waals surface area contributed by atoms with Crippen LogP contribution in [0.1, 0.15) is 17.3 Å². The van der Waals surface area contributed by atoms with Gasteiger partial charge in [-0.15, -0.1) is 11.8 Å². The van der Waals surface area contributed by atoms with E-state index >= 15 is 0 Å². The number of Topliss-reactive ketones (excluding diaryl/α,β-unsaturated/α-hetero) is 1. The summed E-state index contributed by atoms with van der Waals surface area (Å²) in [5, 5.41) is 0. The molecular formula is C15H14O2S. The van der Waals surface area contributed by atoms with Gasteiger partial charge >= 0.3 is 0 Å². The fraction of sp³-hybridized carbons (Fsp3) is 0.133. The molecule has 0 saturated heterocycles. The molecule has 3 heteroatoms. The van der Waals surface area contributed by atoms with Gasteiger partial charge in [0.05, 0.1) is 0 Å². The first kappa shape index (κ1) is 12.7. The van der Waals surface area contributed by atoms with Crippen molar-refractivity contribution in [2.75, 3.05) is 6.26 Å². The van der Waals surface area contributed by atoms with Gasteiger partial charge in [-0.2, -0.15) is 0 Å². The standard InChI is InChI=1S/C15H14O2S/c1-11(16)12-6-5-7-13(10-12)17-14-8-3-4-9-15(14)18-2/h3-10H,1-2H3. The highest BCUT2D eigenvalue weighted by Crippen LogP contribution is 2.31. The van der Waals surface area contributed by atoms with E-state index in [1.54, 1.807) is 30.8 Å². The molecule has 0 unspecified atom stereocenters. The van der Waals surface area contributed by atoms with Gasteiger partial charge in [0.15, 0.2) is 5.78 Å². The van der Waals surface area contributed by atoms with Crippen molar-refractivity contribution >= 4 is 17.5 Å². The molecule has 0 radical (unpaired) electrons. The van der Waals surface area contributed by atoms with Crippen molar-refractivity contribution in [3.05, 3.63) is 54.1 Å². The summed E-state index contributed by atoms with van der Waals surface area (Å²) < 4.78 is 5.82. The van der Waals surface area contributed by atoms with Crippen LogP contribution in [0.2, 0.25) is 0 Å². The number of carbonyl (C=O) groups is 1. The molecule has 0 amide bonds. The Hall–Kier alpha value is -1.74. The van der Waals surface area contributed by atoms with E-state index in [9.17, 15) is 4.79 Å². The van der Waals surface area contributed by atoms with Gasteiger partial charge in [0, 0.05) is 10.5 Å². The molecule has 0 aliphatic heterocycles. The maximum atomic E-state index is 11.3. The maximum Gasteiger partial charge on any atom is 0.159 e. The third-order valence-electron chi connectivity index (χ3n) is 2.54. The molecule has 0 saturated carbocycles. The summed E-state index contributed by atoms with van der Waals surface area (Å²) >= 11 is 1.63. The zero-order chi connectivity index (χ0) is 13.0. The number of carbonyl (C=O) groups excluding carboxylic acids is 1.